The number of aryl methyl sites for hydroxylation is 2. The number of carbonyl (C=O) groups is 1. The smallest absolute Gasteiger partial charge is 0.234 e. The highest BCUT2D eigenvalue weighted by atomic mass is 19.1. The summed E-state index contributed by atoms with van der Waals surface area (Å²) in [5, 5.41) is 7.16. The van der Waals surface area contributed by atoms with Gasteiger partial charge in [0, 0.05) is 12.1 Å². The lowest BCUT2D eigenvalue weighted by Gasteiger charge is -2.26. The van der Waals surface area contributed by atoms with Crippen molar-refractivity contribution in [1.29, 1.82) is 0 Å². The van der Waals surface area contributed by atoms with E-state index in [-0.39, 0.29) is 24.3 Å². The molecule has 0 radical (unpaired) electrons. The second kappa shape index (κ2) is 8.65. The Kier molecular flexibility index (Phi) is 6.26. The second-order valence-electron chi connectivity index (χ2n) is 7.62. The molecule has 0 aliphatic heterocycles. The average molecular weight is 373 g/mol. The van der Waals surface area contributed by atoms with Crippen molar-refractivity contribution in [2.75, 3.05) is 13.6 Å². The summed E-state index contributed by atoms with van der Waals surface area (Å²) in [6.45, 7) is 4.69. The molecule has 1 amide bonds. The van der Waals surface area contributed by atoms with Crippen molar-refractivity contribution in [1.82, 2.24) is 15.4 Å². The number of aromatic nitrogens is 1. The molecule has 0 saturated heterocycles. The van der Waals surface area contributed by atoms with Gasteiger partial charge in [-0.25, -0.2) is 4.39 Å². The van der Waals surface area contributed by atoms with E-state index < -0.39 is 0 Å². The van der Waals surface area contributed by atoms with Gasteiger partial charge in [-0.3, -0.25) is 9.69 Å². The number of benzene rings is 1. The Hall–Kier alpha value is -2.21. The fourth-order valence-electron chi connectivity index (χ4n) is 3.95. The van der Waals surface area contributed by atoms with E-state index in [1.807, 2.05) is 25.8 Å². The third-order valence-corrected chi connectivity index (χ3v) is 5.44. The highest BCUT2D eigenvalue weighted by Crippen LogP contribution is 2.35. The van der Waals surface area contributed by atoms with Crippen molar-refractivity contribution >= 4 is 5.91 Å². The summed E-state index contributed by atoms with van der Waals surface area (Å²) < 4.78 is 18.5. The van der Waals surface area contributed by atoms with Crippen LogP contribution in [0, 0.1) is 25.6 Å². The maximum Gasteiger partial charge on any atom is 0.234 e. The summed E-state index contributed by atoms with van der Waals surface area (Å²) in [6.07, 6.45) is 4.56. The predicted molar refractivity (Wildman–Crippen MR) is 102 cm³/mol. The van der Waals surface area contributed by atoms with E-state index >= 15 is 0 Å². The van der Waals surface area contributed by atoms with Crippen LogP contribution in [0.1, 0.15) is 54.3 Å². The van der Waals surface area contributed by atoms with E-state index in [0.29, 0.717) is 12.5 Å². The largest absolute Gasteiger partial charge is 0.361 e. The van der Waals surface area contributed by atoms with Crippen LogP contribution in [0.25, 0.3) is 0 Å². The molecule has 1 heterocycles. The monoisotopic (exact) mass is 373 g/mol. The van der Waals surface area contributed by atoms with Crippen LogP contribution in [-0.4, -0.2) is 29.6 Å². The van der Waals surface area contributed by atoms with Crippen molar-refractivity contribution in [2.24, 2.45) is 5.92 Å². The Bertz CT molecular complexity index is 747. The van der Waals surface area contributed by atoms with Gasteiger partial charge in [-0.05, 0) is 57.4 Å². The molecule has 146 valence electrons. The second-order valence-corrected chi connectivity index (χ2v) is 7.62. The van der Waals surface area contributed by atoms with Crippen LogP contribution in [0.4, 0.5) is 4.39 Å². The minimum atomic E-state index is -0.255. The zero-order valence-corrected chi connectivity index (χ0v) is 16.3. The Morgan fingerprint density at radius 3 is 2.56 bits per heavy atom. The molecular weight excluding hydrogens is 345 g/mol. The van der Waals surface area contributed by atoms with Crippen LogP contribution in [0.15, 0.2) is 28.8 Å². The molecule has 1 N–H and O–H groups in total. The summed E-state index contributed by atoms with van der Waals surface area (Å²) in [7, 11) is 1.91. The molecule has 1 atom stereocenters. The molecule has 0 bridgehead atoms. The molecule has 0 spiro atoms. The number of hydrogen-bond donors (Lipinski definition) is 1. The van der Waals surface area contributed by atoms with Crippen LogP contribution >= 0.6 is 0 Å². The van der Waals surface area contributed by atoms with Gasteiger partial charge in [0.15, 0.2) is 0 Å². The third-order valence-electron chi connectivity index (χ3n) is 5.44. The SMILES string of the molecule is Cc1noc(C)c1CN(C)CC(=O)NC(c1ccc(F)cc1)C1CCCC1. The summed E-state index contributed by atoms with van der Waals surface area (Å²) >= 11 is 0. The van der Waals surface area contributed by atoms with Crippen LogP contribution in [0.5, 0.6) is 0 Å². The molecule has 27 heavy (non-hydrogen) atoms. The fraction of sp³-hybridized carbons (Fsp3) is 0.524. The number of amides is 1. The van der Waals surface area contributed by atoms with Crippen LogP contribution in [0.2, 0.25) is 0 Å². The summed E-state index contributed by atoms with van der Waals surface area (Å²) in [5.74, 6) is 0.919. The highest BCUT2D eigenvalue weighted by Gasteiger charge is 2.28. The normalized spacial score (nSPS) is 16.0. The summed E-state index contributed by atoms with van der Waals surface area (Å²) in [6, 6.07) is 6.44. The average Bonchev–Trinajstić information content (AvgIpc) is 3.26. The number of halogens is 1. The maximum atomic E-state index is 13.3. The van der Waals surface area contributed by atoms with Crippen LogP contribution in [0.3, 0.4) is 0 Å². The van der Waals surface area contributed by atoms with Gasteiger partial charge in [0.25, 0.3) is 0 Å². The molecule has 1 aliphatic carbocycles. The van der Waals surface area contributed by atoms with E-state index in [1.54, 1.807) is 12.1 Å². The van der Waals surface area contributed by atoms with Gasteiger partial charge >= 0.3 is 0 Å². The van der Waals surface area contributed by atoms with E-state index in [9.17, 15) is 9.18 Å². The van der Waals surface area contributed by atoms with Gasteiger partial charge in [0.1, 0.15) is 11.6 Å². The van der Waals surface area contributed by atoms with Gasteiger partial charge in [0.05, 0.1) is 18.3 Å². The van der Waals surface area contributed by atoms with Gasteiger partial charge in [-0.2, -0.15) is 0 Å². The molecule has 2 aromatic rings. The van der Waals surface area contributed by atoms with E-state index in [4.69, 9.17) is 4.52 Å². The maximum absolute atomic E-state index is 13.3. The lowest BCUT2D eigenvalue weighted by Crippen LogP contribution is -2.39. The van der Waals surface area contributed by atoms with Crippen LogP contribution in [-0.2, 0) is 11.3 Å². The van der Waals surface area contributed by atoms with Crippen molar-refractivity contribution in [2.45, 2.75) is 52.1 Å². The van der Waals surface area contributed by atoms with Crippen molar-refractivity contribution < 1.29 is 13.7 Å². The Morgan fingerprint density at radius 1 is 1.30 bits per heavy atom. The zero-order valence-electron chi connectivity index (χ0n) is 16.3. The van der Waals surface area contributed by atoms with E-state index in [0.717, 1.165) is 35.4 Å². The summed E-state index contributed by atoms with van der Waals surface area (Å²) in [4.78, 5) is 14.6. The lowest BCUT2D eigenvalue weighted by molar-refractivity contribution is -0.123. The minimum Gasteiger partial charge on any atom is -0.361 e. The number of nitrogens with zero attached hydrogens (tertiary/aromatic N) is 2. The minimum absolute atomic E-state index is 0.0227. The molecular formula is C21H28FN3O2. The molecule has 1 aromatic carbocycles. The molecule has 1 aliphatic rings. The Balaban J connectivity index is 1.64. The van der Waals surface area contributed by atoms with Gasteiger partial charge in [0.2, 0.25) is 5.91 Å². The number of nitrogens with one attached hydrogen (secondary N) is 1. The molecule has 1 fully saturated rings. The van der Waals surface area contributed by atoms with Gasteiger partial charge < -0.3 is 9.84 Å². The first-order chi connectivity index (χ1) is 12.9. The predicted octanol–water partition coefficient (Wildman–Crippen LogP) is 3.91. The topological polar surface area (TPSA) is 58.4 Å². The molecule has 1 saturated carbocycles. The van der Waals surface area contributed by atoms with Crippen LogP contribution < -0.4 is 5.32 Å². The summed E-state index contributed by atoms with van der Waals surface area (Å²) in [5.41, 5.74) is 2.86. The fourth-order valence-corrected chi connectivity index (χ4v) is 3.95. The van der Waals surface area contributed by atoms with Crippen molar-refractivity contribution in [3.8, 4) is 0 Å². The molecule has 1 aromatic heterocycles. The molecule has 3 rings (SSSR count). The third kappa shape index (κ3) is 4.95. The quantitative estimate of drug-likeness (QED) is 0.799. The number of rotatable bonds is 7. The first kappa shape index (κ1) is 19.5. The first-order valence-corrected chi connectivity index (χ1v) is 9.59. The molecule has 1 unspecified atom stereocenters. The zero-order chi connectivity index (χ0) is 19.4. The van der Waals surface area contributed by atoms with Crippen molar-refractivity contribution in [3.63, 3.8) is 0 Å². The standard InChI is InChI=1S/C21H28FN3O2/c1-14-19(15(2)27-24-14)12-25(3)13-20(26)23-21(16-6-4-5-7-16)17-8-10-18(22)11-9-17/h8-11,16,21H,4-7,12-13H2,1-3H3,(H,23,26). The number of likely N-dealkylation sites (N-methyl/N-ethyl adjacent to an activating group) is 1. The Labute approximate surface area is 159 Å². The van der Waals surface area contributed by atoms with E-state index in [1.165, 1.54) is 25.0 Å². The lowest BCUT2D eigenvalue weighted by atomic mass is 9.91. The highest BCUT2D eigenvalue weighted by molar-refractivity contribution is 5.78. The molecule has 6 heteroatoms. The molecule has 5 nitrogen and oxygen atoms in total. The number of hydrogen-bond acceptors (Lipinski definition) is 4. The Morgan fingerprint density at radius 2 is 1.96 bits per heavy atom. The first-order valence-electron chi connectivity index (χ1n) is 9.59. The number of carbonyl (C=O) groups excluding carboxylic acids is 1. The van der Waals surface area contributed by atoms with Gasteiger partial charge in [-0.1, -0.05) is 30.1 Å². The van der Waals surface area contributed by atoms with Gasteiger partial charge in [-0.15, -0.1) is 0 Å². The van der Waals surface area contributed by atoms with Crippen molar-refractivity contribution in [3.05, 3.63) is 52.7 Å². The van der Waals surface area contributed by atoms with E-state index in [2.05, 4.69) is 10.5 Å².